The predicted molar refractivity (Wildman–Crippen MR) is 83.4 cm³/mol. The van der Waals surface area contributed by atoms with Crippen LogP contribution in [0.5, 0.6) is 11.5 Å². The third-order valence-electron chi connectivity index (χ3n) is 3.17. The van der Waals surface area contributed by atoms with Crippen LogP contribution in [0.2, 0.25) is 0 Å². The first kappa shape index (κ1) is 16.8. The van der Waals surface area contributed by atoms with E-state index in [4.69, 9.17) is 8.92 Å². The van der Waals surface area contributed by atoms with Crippen LogP contribution < -0.4 is 8.92 Å². The summed E-state index contributed by atoms with van der Waals surface area (Å²) in [5.74, 6) is 0.138. The number of benzene rings is 2. The molecule has 0 saturated heterocycles. The summed E-state index contributed by atoms with van der Waals surface area (Å²) in [7, 11) is -3.00. The van der Waals surface area contributed by atoms with E-state index in [1.54, 1.807) is 26.0 Å². The Morgan fingerprint density at radius 2 is 1.74 bits per heavy atom. The molecule has 8 heteroatoms. The second kappa shape index (κ2) is 6.25. The number of nitrogens with zero attached hydrogens (tertiary/aromatic N) is 1. The molecule has 0 fully saturated rings. The van der Waals surface area contributed by atoms with Gasteiger partial charge in [-0.05, 0) is 37.1 Å². The molecule has 0 bridgehead atoms. The quantitative estimate of drug-likeness (QED) is 0.473. The molecule has 23 heavy (non-hydrogen) atoms. The first-order valence-corrected chi connectivity index (χ1v) is 7.99. The Balaban J connectivity index is 2.52. The number of hydrogen-bond acceptors (Lipinski definition) is 6. The van der Waals surface area contributed by atoms with E-state index in [1.165, 1.54) is 13.2 Å². The fourth-order valence-corrected chi connectivity index (χ4v) is 3.10. The van der Waals surface area contributed by atoms with Gasteiger partial charge in [0.2, 0.25) is 0 Å². The summed E-state index contributed by atoms with van der Waals surface area (Å²) in [6.07, 6.45) is 0. The lowest BCUT2D eigenvalue weighted by Crippen LogP contribution is -2.12. The maximum absolute atomic E-state index is 12.5. The molecular formula is C15H15NO6S. The van der Waals surface area contributed by atoms with Crippen molar-refractivity contribution >= 4 is 15.8 Å². The van der Waals surface area contributed by atoms with Crippen molar-refractivity contribution in [2.24, 2.45) is 0 Å². The van der Waals surface area contributed by atoms with Crippen molar-refractivity contribution in [1.82, 2.24) is 0 Å². The van der Waals surface area contributed by atoms with Crippen molar-refractivity contribution in [3.63, 3.8) is 0 Å². The number of hydrogen-bond donors (Lipinski definition) is 0. The van der Waals surface area contributed by atoms with Gasteiger partial charge in [0.1, 0.15) is 11.5 Å². The van der Waals surface area contributed by atoms with Crippen molar-refractivity contribution in [3.8, 4) is 11.5 Å². The van der Waals surface area contributed by atoms with Crippen molar-refractivity contribution < 1.29 is 22.3 Å². The lowest BCUT2D eigenvalue weighted by atomic mass is 10.1. The maximum Gasteiger partial charge on any atom is 0.343 e. The van der Waals surface area contributed by atoms with Gasteiger partial charge in [-0.15, -0.1) is 0 Å². The molecule has 0 aliphatic carbocycles. The van der Waals surface area contributed by atoms with Crippen molar-refractivity contribution in [2.45, 2.75) is 18.7 Å². The molecule has 2 aromatic rings. The van der Waals surface area contributed by atoms with E-state index < -0.39 is 19.9 Å². The summed E-state index contributed by atoms with van der Waals surface area (Å²) in [6.45, 7) is 3.50. The lowest BCUT2D eigenvalue weighted by Gasteiger charge is -2.12. The summed E-state index contributed by atoms with van der Waals surface area (Å²) in [5.41, 5.74) is 1.09. The molecule has 2 aromatic carbocycles. The third-order valence-corrected chi connectivity index (χ3v) is 4.43. The first-order chi connectivity index (χ1) is 10.7. The molecule has 0 N–H and O–H groups in total. The second-order valence-corrected chi connectivity index (χ2v) is 6.41. The maximum atomic E-state index is 12.5. The molecule has 0 amide bonds. The largest absolute Gasteiger partial charge is 0.495 e. The fraction of sp³-hybridized carbons (Fsp3) is 0.200. The van der Waals surface area contributed by atoms with E-state index in [1.807, 2.05) is 6.07 Å². The first-order valence-electron chi connectivity index (χ1n) is 6.59. The van der Waals surface area contributed by atoms with Gasteiger partial charge in [0.25, 0.3) is 5.69 Å². The normalized spacial score (nSPS) is 11.1. The van der Waals surface area contributed by atoms with E-state index in [2.05, 4.69) is 0 Å². The van der Waals surface area contributed by atoms with Gasteiger partial charge in [-0.3, -0.25) is 10.1 Å². The number of aryl methyl sites for hydroxylation is 2. The van der Waals surface area contributed by atoms with Crippen LogP contribution in [0.25, 0.3) is 0 Å². The molecule has 0 aliphatic heterocycles. The Morgan fingerprint density at radius 1 is 1.04 bits per heavy atom. The Kier molecular flexibility index (Phi) is 4.55. The summed E-state index contributed by atoms with van der Waals surface area (Å²) in [5, 5.41) is 10.9. The summed E-state index contributed by atoms with van der Waals surface area (Å²) < 4.78 is 35.1. The zero-order chi connectivity index (χ0) is 17.2. The van der Waals surface area contributed by atoms with Crippen LogP contribution in [0, 0.1) is 24.0 Å². The molecule has 7 nitrogen and oxygen atoms in total. The highest BCUT2D eigenvalue weighted by molar-refractivity contribution is 7.87. The number of ether oxygens (including phenoxy) is 1. The third kappa shape index (κ3) is 3.59. The molecule has 0 unspecified atom stereocenters. The zero-order valence-electron chi connectivity index (χ0n) is 12.8. The Labute approximate surface area is 133 Å². The standard InChI is InChI=1S/C15H15NO6S/c1-10-4-5-11(2)14(8-10)22-23(19,20)15-9-12(16(17)18)6-7-13(15)21-3/h4-9H,1-3H3. The summed E-state index contributed by atoms with van der Waals surface area (Å²) >= 11 is 0. The van der Waals surface area contributed by atoms with Gasteiger partial charge in [0.15, 0.2) is 4.90 Å². The average Bonchev–Trinajstić information content (AvgIpc) is 2.50. The molecule has 2 rings (SSSR count). The minimum absolute atomic E-state index is 0.0269. The number of non-ortho nitro benzene ring substituents is 1. The number of nitro benzene ring substituents is 1. The highest BCUT2D eigenvalue weighted by Crippen LogP contribution is 2.31. The Morgan fingerprint density at radius 3 is 2.35 bits per heavy atom. The van der Waals surface area contributed by atoms with Crippen molar-refractivity contribution in [2.75, 3.05) is 7.11 Å². The Hall–Kier alpha value is -2.61. The number of nitro groups is 1. The molecule has 0 aliphatic rings. The second-order valence-electron chi connectivity index (χ2n) is 4.90. The van der Waals surface area contributed by atoms with Crippen LogP contribution in [0.15, 0.2) is 41.3 Å². The molecule has 0 atom stereocenters. The zero-order valence-corrected chi connectivity index (χ0v) is 13.6. The van der Waals surface area contributed by atoms with Gasteiger partial charge in [0, 0.05) is 12.1 Å². The van der Waals surface area contributed by atoms with E-state index in [0.29, 0.717) is 5.56 Å². The molecule has 0 heterocycles. The molecule has 122 valence electrons. The fourth-order valence-electron chi connectivity index (χ4n) is 1.93. The lowest BCUT2D eigenvalue weighted by molar-refractivity contribution is -0.385. The average molecular weight is 337 g/mol. The smallest absolute Gasteiger partial charge is 0.343 e. The van der Waals surface area contributed by atoms with Gasteiger partial charge in [-0.1, -0.05) is 12.1 Å². The van der Waals surface area contributed by atoms with E-state index in [9.17, 15) is 18.5 Å². The van der Waals surface area contributed by atoms with Crippen LogP contribution in [0.4, 0.5) is 5.69 Å². The van der Waals surface area contributed by atoms with Crippen LogP contribution in [0.1, 0.15) is 11.1 Å². The van der Waals surface area contributed by atoms with E-state index in [0.717, 1.165) is 17.7 Å². The molecule has 0 spiro atoms. The van der Waals surface area contributed by atoms with Crippen molar-refractivity contribution in [1.29, 1.82) is 0 Å². The number of rotatable bonds is 5. The van der Waals surface area contributed by atoms with Gasteiger partial charge in [-0.2, -0.15) is 8.42 Å². The minimum Gasteiger partial charge on any atom is -0.495 e. The van der Waals surface area contributed by atoms with Gasteiger partial charge < -0.3 is 8.92 Å². The predicted octanol–water partition coefficient (Wildman–Crippen LogP) is 2.99. The van der Waals surface area contributed by atoms with E-state index >= 15 is 0 Å². The number of methoxy groups -OCH3 is 1. The van der Waals surface area contributed by atoms with Crippen LogP contribution in [-0.4, -0.2) is 20.5 Å². The van der Waals surface area contributed by atoms with E-state index in [-0.39, 0.29) is 17.2 Å². The topological polar surface area (TPSA) is 95.7 Å². The van der Waals surface area contributed by atoms with Crippen LogP contribution in [-0.2, 0) is 10.1 Å². The van der Waals surface area contributed by atoms with Crippen molar-refractivity contribution in [3.05, 3.63) is 57.6 Å². The molecule has 0 aromatic heterocycles. The van der Waals surface area contributed by atoms with Crippen LogP contribution in [0.3, 0.4) is 0 Å². The monoisotopic (exact) mass is 337 g/mol. The highest BCUT2D eigenvalue weighted by atomic mass is 32.2. The van der Waals surface area contributed by atoms with Gasteiger partial charge in [-0.25, -0.2) is 0 Å². The molecule has 0 radical (unpaired) electrons. The minimum atomic E-state index is -4.28. The molecule has 0 saturated carbocycles. The van der Waals surface area contributed by atoms with Gasteiger partial charge >= 0.3 is 10.1 Å². The highest BCUT2D eigenvalue weighted by Gasteiger charge is 2.25. The Bertz CT molecular complexity index is 860. The SMILES string of the molecule is COc1ccc([N+](=O)[O-])cc1S(=O)(=O)Oc1cc(C)ccc1C. The summed E-state index contributed by atoms with van der Waals surface area (Å²) in [6, 6.07) is 8.43. The summed E-state index contributed by atoms with van der Waals surface area (Å²) in [4.78, 5) is 9.79. The van der Waals surface area contributed by atoms with Crippen LogP contribution >= 0.6 is 0 Å². The van der Waals surface area contributed by atoms with Gasteiger partial charge in [0.05, 0.1) is 12.0 Å². The molecular weight excluding hydrogens is 322 g/mol.